The lowest BCUT2D eigenvalue weighted by Gasteiger charge is -2.06. The van der Waals surface area contributed by atoms with Gasteiger partial charge in [-0.05, 0) is 31.3 Å². The van der Waals surface area contributed by atoms with E-state index in [4.69, 9.17) is 0 Å². The summed E-state index contributed by atoms with van der Waals surface area (Å²) in [5.41, 5.74) is 0.615. The summed E-state index contributed by atoms with van der Waals surface area (Å²) in [5.74, 6) is -2.53. The summed E-state index contributed by atoms with van der Waals surface area (Å²) < 4.78 is 24.1. The van der Waals surface area contributed by atoms with E-state index in [0.29, 0.717) is 35.3 Å². The number of rotatable bonds is 6. The van der Waals surface area contributed by atoms with E-state index in [2.05, 4.69) is 10.6 Å². The van der Waals surface area contributed by atoms with Crippen LogP contribution in [0.1, 0.15) is 6.42 Å². The Bertz CT molecular complexity index is 357. The van der Waals surface area contributed by atoms with Gasteiger partial charge in [-0.1, -0.05) is 11.8 Å². The molecule has 0 aliphatic carbocycles. The van der Waals surface area contributed by atoms with Crippen LogP contribution in [0.2, 0.25) is 0 Å². The summed E-state index contributed by atoms with van der Waals surface area (Å²) in [7, 11) is 1.77. The van der Waals surface area contributed by atoms with Crippen molar-refractivity contribution in [3.8, 4) is 0 Å². The maximum atomic E-state index is 12.1. The fourth-order valence-corrected chi connectivity index (χ4v) is 1.68. The third-order valence-corrected chi connectivity index (χ3v) is 2.69. The number of anilines is 1. The van der Waals surface area contributed by atoms with E-state index in [1.807, 2.05) is 0 Å². The molecule has 0 atom stereocenters. The first-order valence-electron chi connectivity index (χ1n) is 5.11. The second-order valence-corrected chi connectivity index (χ2v) is 4.37. The van der Waals surface area contributed by atoms with Crippen LogP contribution in [0.3, 0.4) is 0 Å². The Labute approximate surface area is 103 Å². The highest BCUT2D eigenvalue weighted by atomic mass is 32.2. The maximum absolute atomic E-state index is 12.1. The number of thioether (sulfide) groups is 1. The molecule has 0 bridgehead atoms. The maximum Gasteiger partial charge on any atom is 0.288 e. The molecule has 1 aromatic carbocycles. The minimum Gasteiger partial charge on any atom is -0.326 e. The molecule has 0 saturated carbocycles. The van der Waals surface area contributed by atoms with E-state index < -0.39 is 5.76 Å². The first-order valence-corrected chi connectivity index (χ1v) is 5.99. The topological polar surface area (TPSA) is 41.1 Å². The van der Waals surface area contributed by atoms with Crippen LogP contribution in [0.15, 0.2) is 29.2 Å². The van der Waals surface area contributed by atoms with Gasteiger partial charge in [0.05, 0.1) is 0 Å². The van der Waals surface area contributed by atoms with E-state index in [1.165, 1.54) is 0 Å². The van der Waals surface area contributed by atoms with Gasteiger partial charge in [0.25, 0.3) is 5.76 Å². The van der Waals surface area contributed by atoms with Crippen LogP contribution < -0.4 is 10.6 Å². The average Bonchev–Trinajstić information content (AvgIpc) is 2.28. The summed E-state index contributed by atoms with van der Waals surface area (Å²) in [6.45, 7) is 0.602. The molecule has 0 aliphatic heterocycles. The first kappa shape index (κ1) is 13.9. The standard InChI is InChI=1S/C11H14F2N2OS/c1-14-7-6-10(16)15-8-2-4-9(5-3-8)17-11(12)13/h2-5,11,14H,6-7H2,1H3,(H,15,16). The van der Waals surface area contributed by atoms with Crippen molar-refractivity contribution in [1.29, 1.82) is 0 Å². The number of benzene rings is 1. The molecule has 0 spiro atoms. The van der Waals surface area contributed by atoms with Crippen molar-refractivity contribution in [2.75, 3.05) is 18.9 Å². The summed E-state index contributed by atoms with van der Waals surface area (Å²) in [6, 6.07) is 6.35. The van der Waals surface area contributed by atoms with Crippen LogP contribution in [-0.2, 0) is 4.79 Å². The predicted molar refractivity (Wildman–Crippen MR) is 65.5 cm³/mol. The molecule has 6 heteroatoms. The van der Waals surface area contributed by atoms with Crippen molar-refractivity contribution < 1.29 is 13.6 Å². The number of nitrogens with one attached hydrogen (secondary N) is 2. The predicted octanol–water partition coefficient (Wildman–Crippen LogP) is 2.55. The molecule has 0 aliphatic rings. The van der Waals surface area contributed by atoms with E-state index in [9.17, 15) is 13.6 Å². The highest BCUT2D eigenvalue weighted by molar-refractivity contribution is 7.99. The molecule has 0 fully saturated rings. The minimum atomic E-state index is -2.42. The molecule has 0 unspecified atom stereocenters. The summed E-state index contributed by atoms with van der Waals surface area (Å²) in [5, 5.41) is 5.55. The third kappa shape index (κ3) is 5.65. The van der Waals surface area contributed by atoms with Crippen LogP contribution >= 0.6 is 11.8 Å². The summed E-state index contributed by atoms with van der Waals surface area (Å²) in [6.07, 6.45) is 0.379. The molecular weight excluding hydrogens is 246 g/mol. The number of halogens is 2. The first-order chi connectivity index (χ1) is 8.11. The molecule has 1 amide bonds. The molecule has 0 saturated heterocycles. The minimum absolute atomic E-state index is 0.103. The third-order valence-electron chi connectivity index (χ3n) is 1.97. The average molecular weight is 260 g/mol. The Kier molecular flexibility index (Phi) is 5.93. The van der Waals surface area contributed by atoms with Crippen LogP contribution in [0.4, 0.5) is 14.5 Å². The van der Waals surface area contributed by atoms with E-state index in [0.717, 1.165) is 0 Å². The zero-order valence-corrected chi connectivity index (χ0v) is 10.2. The molecule has 94 valence electrons. The van der Waals surface area contributed by atoms with Crippen molar-refractivity contribution in [2.24, 2.45) is 0 Å². The molecule has 0 radical (unpaired) electrons. The summed E-state index contributed by atoms with van der Waals surface area (Å²) >= 11 is 0.484. The number of carbonyl (C=O) groups is 1. The lowest BCUT2D eigenvalue weighted by atomic mass is 10.3. The Balaban J connectivity index is 2.47. The molecule has 3 nitrogen and oxygen atoms in total. The summed E-state index contributed by atoms with van der Waals surface area (Å²) in [4.78, 5) is 11.8. The van der Waals surface area contributed by atoms with Gasteiger partial charge in [-0.25, -0.2) is 0 Å². The van der Waals surface area contributed by atoms with Gasteiger partial charge >= 0.3 is 0 Å². The molecule has 2 N–H and O–H groups in total. The Hall–Kier alpha value is -1.14. The van der Waals surface area contributed by atoms with Gasteiger partial charge in [0, 0.05) is 23.5 Å². The quantitative estimate of drug-likeness (QED) is 0.772. The van der Waals surface area contributed by atoms with Gasteiger partial charge in [-0.15, -0.1) is 0 Å². The zero-order chi connectivity index (χ0) is 12.7. The van der Waals surface area contributed by atoms with Crippen LogP contribution in [0, 0.1) is 0 Å². The number of alkyl halides is 2. The van der Waals surface area contributed by atoms with Crippen LogP contribution in [0.25, 0.3) is 0 Å². The number of amides is 1. The highest BCUT2D eigenvalue weighted by Crippen LogP contribution is 2.26. The fraction of sp³-hybridized carbons (Fsp3) is 0.364. The van der Waals surface area contributed by atoms with Gasteiger partial charge in [0.2, 0.25) is 5.91 Å². The second kappa shape index (κ2) is 7.24. The second-order valence-electron chi connectivity index (χ2n) is 3.30. The van der Waals surface area contributed by atoms with Crippen LogP contribution in [0.5, 0.6) is 0 Å². The largest absolute Gasteiger partial charge is 0.326 e. The molecule has 0 heterocycles. The van der Waals surface area contributed by atoms with E-state index >= 15 is 0 Å². The van der Waals surface area contributed by atoms with Crippen molar-refractivity contribution in [1.82, 2.24) is 5.32 Å². The molecule has 0 aromatic heterocycles. The Morgan fingerprint density at radius 1 is 1.35 bits per heavy atom. The fourth-order valence-electron chi connectivity index (χ4n) is 1.18. The van der Waals surface area contributed by atoms with Crippen molar-refractivity contribution in [3.63, 3.8) is 0 Å². The molecule has 17 heavy (non-hydrogen) atoms. The highest BCUT2D eigenvalue weighted by Gasteiger charge is 2.05. The Morgan fingerprint density at radius 2 is 2.00 bits per heavy atom. The van der Waals surface area contributed by atoms with Gasteiger partial charge in [-0.2, -0.15) is 8.78 Å². The molecule has 1 aromatic rings. The monoisotopic (exact) mass is 260 g/mol. The Morgan fingerprint density at radius 3 is 2.53 bits per heavy atom. The smallest absolute Gasteiger partial charge is 0.288 e. The van der Waals surface area contributed by atoms with Gasteiger partial charge in [0.15, 0.2) is 0 Å². The SMILES string of the molecule is CNCCC(=O)Nc1ccc(SC(F)F)cc1. The van der Waals surface area contributed by atoms with Gasteiger partial charge in [-0.3, -0.25) is 4.79 Å². The van der Waals surface area contributed by atoms with E-state index in [-0.39, 0.29) is 5.91 Å². The lowest BCUT2D eigenvalue weighted by Crippen LogP contribution is -2.18. The number of hydrogen-bond donors (Lipinski definition) is 2. The van der Waals surface area contributed by atoms with Gasteiger partial charge in [0.1, 0.15) is 0 Å². The van der Waals surface area contributed by atoms with Crippen molar-refractivity contribution in [3.05, 3.63) is 24.3 Å². The van der Waals surface area contributed by atoms with E-state index in [1.54, 1.807) is 31.3 Å². The number of carbonyl (C=O) groups excluding carboxylic acids is 1. The molecular formula is C11H14F2N2OS. The van der Waals surface area contributed by atoms with Gasteiger partial charge < -0.3 is 10.6 Å². The van der Waals surface area contributed by atoms with Crippen molar-refractivity contribution in [2.45, 2.75) is 17.1 Å². The normalized spacial score (nSPS) is 10.6. The zero-order valence-electron chi connectivity index (χ0n) is 9.37. The van der Waals surface area contributed by atoms with Crippen LogP contribution in [-0.4, -0.2) is 25.3 Å². The number of hydrogen-bond acceptors (Lipinski definition) is 3. The van der Waals surface area contributed by atoms with Crippen molar-refractivity contribution >= 4 is 23.4 Å². The lowest BCUT2D eigenvalue weighted by molar-refractivity contribution is -0.116. The molecule has 1 rings (SSSR count).